The summed E-state index contributed by atoms with van der Waals surface area (Å²) in [6, 6.07) is 0. The monoisotopic (exact) mass is 286 g/mol. The van der Waals surface area contributed by atoms with Crippen molar-refractivity contribution < 1.29 is 9.47 Å². The molecule has 0 heterocycles. The summed E-state index contributed by atoms with van der Waals surface area (Å²) in [5.74, 6) is 0.489. The first-order valence-corrected chi connectivity index (χ1v) is 9.16. The fraction of sp³-hybridized carbons (Fsp3) is 1.00. The first kappa shape index (κ1) is 17.9. The van der Waals surface area contributed by atoms with E-state index in [1.165, 1.54) is 83.5 Å². The average Bonchev–Trinajstić information content (AvgIpc) is 2.50. The Morgan fingerprint density at radius 3 is 1.95 bits per heavy atom. The Morgan fingerprint density at radius 1 is 0.850 bits per heavy atom. The van der Waals surface area contributed by atoms with Gasteiger partial charge in [-0.15, -0.1) is 0 Å². The molecule has 1 fully saturated rings. The Bertz CT molecular complexity index is 202. The molecule has 0 radical (unpaired) electrons. The SMILES string of the molecule is CCCCCCCCCCCC(OF)C1CCCCC1. The van der Waals surface area contributed by atoms with Crippen molar-refractivity contribution in [2.24, 2.45) is 5.92 Å². The van der Waals surface area contributed by atoms with E-state index in [1.54, 1.807) is 0 Å². The first-order valence-electron chi connectivity index (χ1n) is 9.16. The molecule has 0 spiro atoms. The largest absolute Gasteiger partial charge is 0.191 e. The average molecular weight is 286 g/mol. The molecule has 2 heteroatoms. The maximum Gasteiger partial charge on any atom is 0.101 e. The maximum absolute atomic E-state index is 12.7. The first-order chi connectivity index (χ1) is 9.88. The molecule has 0 aromatic heterocycles. The zero-order chi connectivity index (χ0) is 14.5. The predicted octanol–water partition coefficient (Wildman–Crippen LogP) is 6.76. The second kappa shape index (κ2) is 12.6. The van der Waals surface area contributed by atoms with Crippen molar-refractivity contribution >= 4 is 0 Å². The smallest absolute Gasteiger partial charge is 0.101 e. The zero-order valence-corrected chi connectivity index (χ0v) is 13.5. The van der Waals surface area contributed by atoms with E-state index in [9.17, 15) is 4.53 Å². The van der Waals surface area contributed by atoms with Gasteiger partial charge in [0.05, 0.1) is 0 Å². The Hall–Kier alpha value is -0.110. The van der Waals surface area contributed by atoms with Crippen molar-refractivity contribution in [3.05, 3.63) is 0 Å². The highest BCUT2D eigenvalue weighted by Gasteiger charge is 2.24. The lowest BCUT2D eigenvalue weighted by Gasteiger charge is -2.27. The third-order valence-corrected chi connectivity index (χ3v) is 4.88. The molecule has 0 amide bonds. The second-order valence-electron chi connectivity index (χ2n) is 6.64. The van der Waals surface area contributed by atoms with Crippen molar-refractivity contribution in [1.82, 2.24) is 0 Å². The summed E-state index contributed by atoms with van der Waals surface area (Å²) in [6.45, 7) is 2.26. The van der Waals surface area contributed by atoms with E-state index in [0.29, 0.717) is 5.92 Å². The minimum absolute atomic E-state index is 0.111. The lowest BCUT2D eigenvalue weighted by molar-refractivity contribution is -0.201. The standard InChI is InChI=1S/C18H35FO/c1-2-3-4-5-6-7-8-9-13-16-18(20-19)17-14-11-10-12-15-17/h17-18H,2-16H2,1H3. The van der Waals surface area contributed by atoms with Gasteiger partial charge in [-0.05, 0) is 29.7 Å². The van der Waals surface area contributed by atoms with Crippen LogP contribution in [0.3, 0.4) is 0 Å². The molecule has 120 valence electrons. The molecule has 1 atom stereocenters. The van der Waals surface area contributed by atoms with Gasteiger partial charge in [-0.3, -0.25) is 0 Å². The summed E-state index contributed by atoms with van der Waals surface area (Å²) in [7, 11) is 0. The second-order valence-corrected chi connectivity index (χ2v) is 6.64. The van der Waals surface area contributed by atoms with Crippen LogP contribution < -0.4 is 0 Å². The van der Waals surface area contributed by atoms with E-state index in [4.69, 9.17) is 0 Å². The van der Waals surface area contributed by atoms with E-state index in [0.717, 1.165) is 12.8 Å². The molecule has 1 aliphatic carbocycles. The lowest BCUT2D eigenvalue weighted by atomic mass is 9.83. The van der Waals surface area contributed by atoms with Crippen LogP contribution in [0.4, 0.5) is 4.53 Å². The van der Waals surface area contributed by atoms with Crippen molar-refractivity contribution in [3.8, 4) is 0 Å². The predicted molar refractivity (Wildman–Crippen MR) is 84.4 cm³/mol. The van der Waals surface area contributed by atoms with Crippen LogP contribution in [-0.4, -0.2) is 6.10 Å². The van der Waals surface area contributed by atoms with Crippen LogP contribution in [0.25, 0.3) is 0 Å². The quantitative estimate of drug-likeness (QED) is 0.360. The van der Waals surface area contributed by atoms with Crippen LogP contribution >= 0.6 is 0 Å². The molecule has 0 aliphatic heterocycles. The van der Waals surface area contributed by atoms with Crippen molar-refractivity contribution in [3.63, 3.8) is 0 Å². The van der Waals surface area contributed by atoms with Gasteiger partial charge in [0.1, 0.15) is 6.10 Å². The maximum atomic E-state index is 12.7. The normalized spacial score (nSPS) is 18.3. The number of hydrogen-bond acceptors (Lipinski definition) is 1. The van der Waals surface area contributed by atoms with Gasteiger partial charge in [-0.1, -0.05) is 84.0 Å². The van der Waals surface area contributed by atoms with Crippen LogP contribution in [0.1, 0.15) is 103 Å². The number of halogens is 1. The minimum atomic E-state index is -0.111. The summed E-state index contributed by atoms with van der Waals surface area (Å²) < 4.78 is 12.7. The van der Waals surface area contributed by atoms with Crippen LogP contribution in [-0.2, 0) is 4.94 Å². The van der Waals surface area contributed by atoms with Gasteiger partial charge in [0, 0.05) is 0 Å². The lowest BCUT2D eigenvalue weighted by Crippen LogP contribution is -2.23. The van der Waals surface area contributed by atoms with Gasteiger partial charge >= 0.3 is 0 Å². The van der Waals surface area contributed by atoms with Crippen LogP contribution in [0.15, 0.2) is 0 Å². The van der Waals surface area contributed by atoms with Crippen LogP contribution in [0.2, 0.25) is 0 Å². The number of hydrogen-bond donors (Lipinski definition) is 0. The van der Waals surface area contributed by atoms with Gasteiger partial charge in [-0.25, -0.2) is 0 Å². The summed E-state index contributed by atoms with van der Waals surface area (Å²) in [4.78, 5) is 4.26. The Balaban J connectivity index is 1.93. The van der Waals surface area contributed by atoms with Crippen molar-refractivity contribution in [2.75, 3.05) is 0 Å². The molecule has 1 saturated carbocycles. The Kier molecular flexibility index (Phi) is 11.3. The van der Waals surface area contributed by atoms with Gasteiger partial charge in [0.25, 0.3) is 0 Å². The minimum Gasteiger partial charge on any atom is -0.191 e. The zero-order valence-electron chi connectivity index (χ0n) is 13.5. The highest BCUT2D eigenvalue weighted by molar-refractivity contribution is 4.73. The molecule has 0 bridgehead atoms. The molecule has 0 aromatic rings. The molecule has 0 N–H and O–H groups in total. The third kappa shape index (κ3) is 8.24. The van der Waals surface area contributed by atoms with E-state index in [1.807, 2.05) is 0 Å². The summed E-state index contributed by atoms with van der Waals surface area (Å²) in [5.41, 5.74) is 0. The summed E-state index contributed by atoms with van der Waals surface area (Å²) >= 11 is 0. The molecule has 20 heavy (non-hydrogen) atoms. The molecule has 0 saturated heterocycles. The van der Waals surface area contributed by atoms with E-state index < -0.39 is 0 Å². The van der Waals surface area contributed by atoms with E-state index >= 15 is 0 Å². The van der Waals surface area contributed by atoms with Crippen LogP contribution in [0, 0.1) is 5.92 Å². The molecule has 1 unspecified atom stereocenters. The molecular weight excluding hydrogens is 251 g/mol. The summed E-state index contributed by atoms with van der Waals surface area (Å²) in [5, 5.41) is 0. The molecule has 1 nitrogen and oxygen atoms in total. The number of unbranched alkanes of at least 4 members (excludes halogenated alkanes) is 8. The van der Waals surface area contributed by atoms with Crippen molar-refractivity contribution in [1.29, 1.82) is 0 Å². The highest BCUT2D eigenvalue weighted by Crippen LogP contribution is 2.30. The van der Waals surface area contributed by atoms with Crippen molar-refractivity contribution in [2.45, 2.75) is 109 Å². The van der Waals surface area contributed by atoms with Gasteiger partial charge < -0.3 is 0 Å². The Morgan fingerprint density at radius 2 is 1.40 bits per heavy atom. The fourth-order valence-corrected chi connectivity index (χ4v) is 3.52. The third-order valence-electron chi connectivity index (χ3n) is 4.88. The fourth-order valence-electron chi connectivity index (χ4n) is 3.52. The van der Waals surface area contributed by atoms with E-state index in [2.05, 4.69) is 11.9 Å². The Labute approximate surface area is 125 Å². The summed E-state index contributed by atoms with van der Waals surface area (Å²) in [6.07, 6.45) is 19.0. The van der Waals surface area contributed by atoms with E-state index in [-0.39, 0.29) is 6.10 Å². The van der Waals surface area contributed by atoms with Gasteiger partial charge in [0.2, 0.25) is 0 Å². The highest BCUT2D eigenvalue weighted by atomic mass is 19.3. The molecule has 1 rings (SSSR count). The van der Waals surface area contributed by atoms with Crippen LogP contribution in [0.5, 0.6) is 0 Å². The van der Waals surface area contributed by atoms with Gasteiger partial charge in [0.15, 0.2) is 0 Å². The molecule has 1 aliphatic rings. The molecular formula is C18H35FO. The number of rotatable bonds is 12. The topological polar surface area (TPSA) is 9.23 Å². The van der Waals surface area contributed by atoms with Gasteiger partial charge in [-0.2, -0.15) is 4.94 Å². The molecule has 0 aromatic carbocycles.